The fourth-order valence-corrected chi connectivity index (χ4v) is 1.52. The molecule has 86 valence electrons. The molecule has 0 spiro atoms. The first-order chi connectivity index (χ1) is 7.74. The summed E-state index contributed by atoms with van der Waals surface area (Å²) in [6.45, 7) is 5.59. The minimum absolute atomic E-state index is 0.259. The van der Waals surface area contributed by atoms with E-state index in [1.807, 2.05) is 23.3 Å². The van der Waals surface area contributed by atoms with Crippen LogP contribution in [-0.4, -0.2) is 26.3 Å². The van der Waals surface area contributed by atoms with E-state index in [2.05, 4.69) is 28.9 Å². The Morgan fingerprint density at radius 2 is 2.31 bits per heavy atom. The van der Waals surface area contributed by atoms with Gasteiger partial charge in [-0.1, -0.05) is 6.92 Å². The van der Waals surface area contributed by atoms with Crippen LogP contribution >= 0.6 is 0 Å². The van der Waals surface area contributed by atoms with Crippen molar-refractivity contribution in [2.24, 2.45) is 5.73 Å². The SMILES string of the molecule is CCn1cc(-c2cnc(C(C)CN)[nH]2)cn1. The molecule has 3 N–H and O–H groups in total. The number of rotatable bonds is 4. The van der Waals surface area contributed by atoms with Gasteiger partial charge < -0.3 is 10.7 Å². The number of nitrogens with one attached hydrogen (secondary N) is 1. The molecule has 0 fully saturated rings. The Kier molecular flexibility index (Phi) is 3.05. The Morgan fingerprint density at radius 3 is 2.94 bits per heavy atom. The monoisotopic (exact) mass is 219 g/mol. The molecule has 2 heterocycles. The topological polar surface area (TPSA) is 72.5 Å². The molecule has 2 aromatic rings. The predicted octanol–water partition coefficient (Wildman–Crippen LogP) is 1.36. The molecule has 2 aromatic heterocycles. The van der Waals surface area contributed by atoms with Crippen molar-refractivity contribution in [1.29, 1.82) is 0 Å². The van der Waals surface area contributed by atoms with Gasteiger partial charge in [-0.2, -0.15) is 5.10 Å². The summed E-state index contributed by atoms with van der Waals surface area (Å²) in [6.07, 6.45) is 5.68. The number of H-pyrrole nitrogens is 1. The summed E-state index contributed by atoms with van der Waals surface area (Å²) in [5.41, 5.74) is 7.66. The summed E-state index contributed by atoms with van der Waals surface area (Å²) >= 11 is 0. The van der Waals surface area contributed by atoms with Crippen molar-refractivity contribution < 1.29 is 0 Å². The minimum Gasteiger partial charge on any atom is -0.342 e. The molecule has 0 aliphatic rings. The summed E-state index contributed by atoms with van der Waals surface area (Å²) in [7, 11) is 0. The Hall–Kier alpha value is -1.62. The normalized spacial score (nSPS) is 12.9. The molecule has 0 saturated heterocycles. The number of nitrogens with zero attached hydrogens (tertiary/aromatic N) is 3. The van der Waals surface area contributed by atoms with Gasteiger partial charge in [0.1, 0.15) is 5.82 Å². The highest BCUT2D eigenvalue weighted by atomic mass is 15.3. The fraction of sp³-hybridized carbons (Fsp3) is 0.455. The molecule has 0 amide bonds. The number of aromatic nitrogens is 4. The maximum Gasteiger partial charge on any atom is 0.110 e. The van der Waals surface area contributed by atoms with Gasteiger partial charge in [0.2, 0.25) is 0 Å². The van der Waals surface area contributed by atoms with Gasteiger partial charge in [-0.05, 0) is 6.92 Å². The standard InChI is InChI=1S/C11H17N5/c1-3-16-7-9(5-14-16)10-6-13-11(15-10)8(2)4-12/h5-8H,3-4,12H2,1-2H3,(H,13,15). The molecule has 5 heteroatoms. The van der Waals surface area contributed by atoms with E-state index < -0.39 is 0 Å². The van der Waals surface area contributed by atoms with Crippen LogP contribution in [0.3, 0.4) is 0 Å². The number of aromatic amines is 1. The minimum atomic E-state index is 0.259. The van der Waals surface area contributed by atoms with E-state index in [4.69, 9.17) is 5.73 Å². The van der Waals surface area contributed by atoms with Gasteiger partial charge in [0.25, 0.3) is 0 Å². The van der Waals surface area contributed by atoms with Gasteiger partial charge in [0.15, 0.2) is 0 Å². The smallest absolute Gasteiger partial charge is 0.110 e. The molecular formula is C11H17N5. The lowest BCUT2D eigenvalue weighted by Crippen LogP contribution is -2.10. The zero-order valence-corrected chi connectivity index (χ0v) is 9.64. The highest BCUT2D eigenvalue weighted by molar-refractivity contribution is 5.56. The third kappa shape index (κ3) is 1.99. The van der Waals surface area contributed by atoms with E-state index in [0.29, 0.717) is 6.54 Å². The lowest BCUT2D eigenvalue weighted by atomic mass is 10.2. The molecule has 16 heavy (non-hydrogen) atoms. The van der Waals surface area contributed by atoms with E-state index in [-0.39, 0.29) is 5.92 Å². The van der Waals surface area contributed by atoms with E-state index >= 15 is 0 Å². The first kappa shape index (κ1) is 10.9. The Morgan fingerprint density at radius 1 is 1.50 bits per heavy atom. The van der Waals surface area contributed by atoms with E-state index in [9.17, 15) is 0 Å². The van der Waals surface area contributed by atoms with Crippen LogP contribution in [0.25, 0.3) is 11.3 Å². The third-order valence-corrected chi connectivity index (χ3v) is 2.68. The molecule has 1 unspecified atom stereocenters. The predicted molar refractivity (Wildman–Crippen MR) is 63.0 cm³/mol. The van der Waals surface area contributed by atoms with Crippen molar-refractivity contribution in [2.45, 2.75) is 26.3 Å². The van der Waals surface area contributed by atoms with Crippen molar-refractivity contribution in [2.75, 3.05) is 6.54 Å². The fourth-order valence-electron chi connectivity index (χ4n) is 1.52. The number of hydrogen-bond donors (Lipinski definition) is 2. The molecule has 0 saturated carbocycles. The largest absolute Gasteiger partial charge is 0.342 e. The molecule has 5 nitrogen and oxygen atoms in total. The lowest BCUT2D eigenvalue weighted by Gasteiger charge is -2.02. The van der Waals surface area contributed by atoms with Crippen LogP contribution in [0.4, 0.5) is 0 Å². The molecule has 0 radical (unpaired) electrons. The summed E-state index contributed by atoms with van der Waals surface area (Å²) < 4.78 is 1.89. The van der Waals surface area contributed by atoms with Gasteiger partial charge in [-0.15, -0.1) is 0 Å². The highest BCUT2D eigenvalue weighted by Gasteiger charge is 2.09. The average Bonchev–Trinajstić information content (AvgIpc) is 2.95. The van der Waals surface area contributed by atoms with Crippen LogP contribution in [0.2, 0.25) is 0 Å². The van der Waals surface area contributed by atoms with Gasteiger partial charge in [-0.25, -0.2) is 4.98 Å². The van der Waals surface area contributed by atoms with Gasteiger partial charge >= 0.3 is 0 Å². The Bertz CT molecular complexity index is 456. The average molecular weight is 219 g/mol. The quantitative estimate of drug-likeness (QED) is 0.815. The number of imidazole rings is 1. The number of hydrogen-bond acceptors (Lipinski definition) is 3. The maximum atomic E-state index is 5.60. The van der Waals surface area contributed by atoms with Crippen molar-refractivity contribution in [3.05, 3.63) is 24.4 Å². The van der Waals surface area contributed by atoms with E-state index in [1.54, 1.807) is 0 Å². The summed E-state index contributed by atoms with van der Waals surface area (Å²) in [5.74, 6) is 1.19. The summed E-state index contributed by atoms with van der Waals surface area (Å²) in [5, 5.41) is 4.23. The second-order valence-corrected chi connectivity index (χ2v) is 3.90. The van der Waals surface area contributed by atoms with Crippen LogP contribution in [0.15, 0.2) is 18.6 Å². The van der Waals surface area contributed by atoms with Crippen molar-refractivity contribution >= 4 is 0 Å². The highest BCUT2D eigenvalue weighted by Crippen LogP contribution is 2.18. The molecule has 0 aliphatic carbocycles. The van der Waals surface area contributed by atoms with Gasteiger partial charge in [0, 0.05) is 30.8 Å². The van der Waals surface area contributed by atoms with E-state index in [0.717, 1.165) is 23.6 Å². The molecule has 0 bridgehead atoms. The van der Waals surface area contributed by atoms with Gasteiger partial charge in [0.05, 0.1) is 18.1 Å². The second kappa shape index (κ2) is 4.49. The summed E-state index contributed by atoms with van der Waals surface area (Å²) in [4.78, 5) is 7.60. The van der Waals surface area contributed by atoms with Crippen LogP contribution in [-0.2, 0) is 6.54 Å². The molecule has 0 aliphatic heterocycles. The Balaban J connectivity index is 2.24. The zero-order valence-electron chi connectivity index (χ0n) is 9.64. The van der Waals surface area contributed by atoms with Crippen molar-refractivity contribution in [3.8, 4) is 11.3 Å². The van der Waals surface area contributed by atoms with Crippen LogP contribution in [0.1, 0.15) is 25.6 Å². The van der Waals surface area contributed by atoms with Gasteiger partial charge in [-0.3, -0.25) is 4.68 Å². The molecule has 2 rings (SSSR count). The number of aryl methyl sites for hydroxylation is 1. The third-order valence-electron chi connectivity index (χ3n) is 2.68. The van der Waals surface area contributed by atoms with Crippen LogP contribution in [0.5, 0.6) is 0 Å². The van der Waals surface area contributed by atoms with Crippen LogP contribution in [0, 0.1) is 0 Å². The summed E-state index contributed by atoms with van der Waals surface area (Å²) in [6, 6.07) is 0. The first-order valence-corrected chi connectivity index (χ1v) is 5.52. The molecular weight excluding hydrogens is 202 g/mol. The maximum absolute atomic E-state index is 5.60. The second-order valence-electron chi connectivity index (χ2n) is 3.90. The van der Waals surface area contributed by atoms with Crippen molar-refractivity contribution in [1.82, 2.24) is 19.7 Å². The molecule has 1 atom stereocenters. The zero-order chi connectivity index (χ0) is 11.5. The number of nitrogens with two attached hydrogens (primary N) is 1. The molecule has 0 aromatic carbocycles. The lowest BCUT2D eigenvalue weighted by molar-refractivity contribution is 0.660. The van der Waals surface area contributed by atoms with Crippen LogP contribution < -0.4 is 5.73 Å². The van der Waals surface area contributed by atoms with Crippen molar-refractivity contribution in [3.63, 3.8) is 0 Å². The first-order valence-electron chi connectivity index (χ1n) is 5.52. The Labute approximate surface area is 94.7 Å². The van der Waals surface area contributed by atoms with E-state index in [1.165, 1.54) is 0 Å².